The number of rotatable bonds is 5. The Hall–Kier alpha value is -2.73. The summed E-state index contributed by atoms with van der Waals surface area (Å²) in [5.41, 5.74) is 1.36. The second-order valence-corrected chi connectivity index (χ2v) is 5.98. The second kappa shape index (κ2) is 7.23. The lowest BCUT2D eigenvalue weighted by Crippen LogP contribution is -2.02. The van der Waals surface area contributed by atoms with Crippen molar-refractivity contribution in [3.63, 3.8) is 0 Å². The van der Waals surface area contributed by atoms with Crippen LogP contribution in [0.1, 0.15) is 10.6 Å². The summed E-state index contributed by atoms with van der Waals surface area (Å²) in [5, 5.41) is 0.719. The summed E-state index contributed by atoms with van der Waals surface area (Å²) in [7, 11) is 1.48. The summed E-state index contributed by atoms with van der Waals surface area (Å²) in [4.78, 5) is 16.2. The first-order chi connectivity index (χ1) is 11.7. The molecule has 24 heavy (non-hydrogen) atoms. The predicted octanol–water partition coefficient (Wildman–Crippen LogP) is 4.20. The van der Waals surface area contributed by atoms with Gasteiger partial charge in [0.2, 0.25) is 0 Å². The zero-order chi connectivity index (χ0) is 16.9. The minimum Gasteiger partial charge on any atom is -0.496 e. The van der Waals surface area contributed by atoms with Gasteiger partial charge in [0.1, 0.15) is 23.2 Å². The number of thiazole rings is 1. The first kappa shape index (κ1) is 16.1. The quantitative estimate of drug-likeness (QED) is 0.514. The summed E-state index contributed by atoms with van der Waals surface area (Å²) in [5.74, 6) is -0.466. The zero-order valence-electron chi connectivity index (χ0n) is 12.9. The van der Waals surface area contributed by atoms with Crippen molar-refractivity contribution in [3.8, 4) is 5.75 Å². The molecular weight excluding hydrogens is 329 g/mol. The fraction of sp³-hybridized carbons (Fsp3) is 0.111. The summed E-state index contributed by atoms with van der Waals surface area (Å²) >= 11 is 1.49. The fourth-order valence-corrected chi connectivity index (χ4v) is 3.03. The number of ether oxygens (including phenoxy) is 2. The molecule has 122 valence electrons. The van der Waals surface area contributed by atoms with E-state index < -0.39 is 11.8 Å². The monoisotopic (exact) mass is 343 g/mol. The molecule has 0 aliphatic carbocycles. The molecule has 0 saturated carbocycles. The second-order valence-electron chi connectivity index (χ2n) is 4.92. The molecule has 0 aliphatic rings. The third-order valence-corrected chi connectivity index (χ3v) is 4.29. The van der Waals surface area contributed by atoms with Crippen molar-refractivity contribution in [1.82, 2.24) is 4.98 Å². The molecule has 0 saturated heterocycles. The van der Waals surface area contributed by atoms with Gasteiger partial charge in [-0.3, -0.25) is 0 Å². The van der Waals surface area contributed by atoms with Crippen molar-refractivity contribution in [3.05, 3.63) is 64.9 Å². The van der Waals surface area contributed by atoms with Gasteiger partial charge < -0.3 is 9.47 Å². The molecule has 0 bridgehead atoms. The third-order valence-electron chi connectivity index (χ3n) is 3.28. The molecule has 0 fully saturated rings. The largest absolute Gasteiger partial charge is 0.496 e. The lowest BCUT2D eigenvalue weighted by Gasteiger charge is -2.08. The van der Waals surface area contributed by atoms with E-state index in [1.807, 2.05) is 24.3 Å². The van der Waals surface area contributed by atoms with E-state index in [1.54, 1.807) is 6.08 Å². The van der Waals surface area contributed by atoms with E-state index in [4.69, 9.17) is 9.47 Å². The van der Waals surface area contributed by atoms with Gasteiger partial charge in [0.05, 0.1) is 17.3 Å². The summed E-state index contributed by atoms with van der Waals surface area (Å²) < 4.78 is 24.5. The van der Waals surface area contributed by atoms with Crippen LogP contribution < -0.4 is 4.74 Å². The summed E-state index contributed by atoms with van der Waals surface area (Å²) in [6.45, 7) is -0.0655. The highest BCUT2D eigenvalue weighted by Gasteiger charge is 2.07. The highest BCUT2D eigenvalue weighted by Crippen LogP contribution is 2.23. The molecule has 0 N–H and O–H groups in total. The molecule has 1 heterocycles. The molecule has 0 radical (unpaired) electrons. The molecule has 1 aromatic heterocycles. The Balaban J connectivity index is 1.64. The minimum atomic E-state index is -0.527. The predicted molar refractivity (Wildman–Crippen MR) is 91.4 cm³/mol. The average Bonchev–Trinajstić information content (AvgIpc) is 3.01. The van der Waals surface area contributed by atoms with Crippen LogP contribution in [0, 0.1) is 5.82 Å². The number of methoxy groups -OCH3 is 1. The van der Waals surface area contributed by atoms with Crippen molar-refractivity contribution in [2.24, 2.45) is 0 Å². The Kier molecular flexibility index (Phi) is 4.86. The van der Waals surface area contributed by atoms with Crippen LogP contribution in [0.5, 0.6) is 5.75 Å². The zero-order valence-corrected chi connectivity index (χ0v) is 13.7. The van der Waals surface area contributed by atoms with Gasteiger partial charge in [0, 0.05) is 11.6 Å². The number of benzene rings is 2. The molecule has 6 heteroatoms. The molecule has 0 amide bonds. The first-order valence-electron chi connectivity index (χ1n) is 7.18. The minimum absolute atomic E-state index is 0.0655. The molecule has 3 rings (SSSR count). The van der Waals surface area contributed by atoms with Gasteiger partial charge in [-0.25, -0.2) is 14.2 Å². The number of halogens is 1. The standard InChI is InChI=1S/C18H14FNO3S/c1-22-15-7-6-13(19)10-12(15)11-23-18(21)9-8-17-20-14-4-2-3-5-16(14)24-17/h2-10H,11H2,1H3/b9-8+. The van der Waals surface area contributed by atoms with Gasteiger partial charge in [-0.05, 0) is 36.4 Å². The van der Waals surface area contributed by atoms with Gasteiger partial charge in [0.15, 0.2) is 0 Å². The van der Waals surface area contributed by atoms with Crippen LogP contribution >= 0.6 is 11.3 Å². The van der Waals surface area contributed by atoms with E-state index >= 15 is 0 Å². The Morgan fingerprint density at radius 1 is 1.29 bits per heavy atom. The number of esters is 1. The fourth-order valence-electron chi connectivity index (χ4n) is 2.16. The van der Waals surface area contributed by atoms with E-state index in [2.05, 4.69) is 4.98 Å². The van der Waals surface area contributed by atoms with E-state index in [9.17, 15) is 9.18 Å². The van der Waals surface area contributed by atoms with Crippen molar-refractivity contribution in [2.75, 3.05) is 7.11 Å². The molecule has 4 nitrogen and oxygen atoms in total. The van der Waals surface area contributed by atoms with Crippen molar-refractivity contribution >= 4 is 33.6 Å². The Morgan fingerprint density at radius 2 is 2.12 bits per heavy atom. The number of hydrogen-bond donors (Lipinski definition) is 0. The van der Waals surface area contributed by atoms with Gasteiger partial charge in [-0.1, -0.05) is 12.1 Å². The Labute approximate surface area is 142 Å². The number of carbonyl (C=O) groups is 1. The maximum Gasteiger partial charge on any atom is 0.331 e. The van der Waals surface area contributed by atoms with Crippen LogP contribution in [0.25, 0.3) is 16.3 Å². The number of hydrogen-bond acceptors (Lipinski definition) is 5. The van der Waals surface area contributed by atoms with Crippen LogP contribution in [-0.4, -0.2) is 18.1 Å². The summed E-state index contributed by atoms with van der Waals surface area (Å²) in [6, 6.07) is 11.8. The molecule has 0 spiro atoms. The Morgan fingerprint density at radius 3 is 2.92 bits per heavy atom. The van der Waals surface area contributed by atoms with Crippen LogP contribution in [0.15, 0.2) is 48.5 Å². The SMILES string of the molecule is COc1ccc(F)cc1COC(=O)/C=C/c1nc2ccccc2s1. The van der Waals surface area contributed by atoms with Crippen LogP contribution in [0.3, 0.4) is 0 Å². The van der Waals surface area contributed by atoms with Crippen molar-refractivity contribution in [2.45, 2.75) is 6.61 Å². The van der Waals surface area contributed by atoms with Gasteiger partial charge in [-0.2, -0.15) is 0 Å². The molecule has 0 aliphatic heterocycles. The topological polar surface area (TPSA) is 48.4 Å². The maximum atomic E-state index is 13.3. The molecule has 0 atom stereocenters. The number of carbonyl (C=O) groups excluding carboxylic acids is 1. The van der Waals surface area contributed by atoms with Crippen LogP contribution in [0.4, 0.5) is 4.39 Å². The first-order valence-corrected chi connectivity index (χ1v) is 8.00. The number of para-hydroxylation sites is 1. The smallest absolute Gasteiger partial charge is 0.331 e. The van der Waals surface area contributed by atoms with Crippen molar-refractivity contribution < 1.29 is 18.7 Å². The van der Waals surface area contributed by atoms with E-state index in [-0.39, 0.29) is 6.61 Å². The molecule has 2 aromatic carbocycles. The van der Waals surface area contributed by atoms with Gasteiger partial charge in [0.25, 0.3) is 0 Å². The van der Waals surface area contributed by atoms with E-state index in [1.165, 1.54) is 42.7 Å². The normalized spacial score (nSPS) is 11.1. The molecule has 0 unspecified atom stereocenters. The average molecular weight is 343 g/mol. The number of aromatic nitrogens is 1. The number of fused-ring (bicyclic) bond motifs is 1. The highest BCUT2D eigenvalue weighted by molar-refractivity contribution is 7.19. The third kappa shape index (κ3) is 3.78. The van der Waals surface area contributed by atoms with E-state index in [0.717, 1.165) is 15.2 Å². The highest BCUT2D eigenvalue weighted by atomic mass is 32.1. The van der Waals surface area contributed by atoms with Gasteiger partial charge >= 0.3 is 5.97 Å². The lowest BCUT2D eigenvalue weighted by atomic mass is 10.2. The Bertz CT molecular complexity index is 871. The van der Waals surface area contributed by atoms with Gasteiger partial charge in [-0.15, -0.1) is 11.3 Å². The molecular formula is C18H14FNO3S. The lowest BCUT2D eigenvalue weighted by molar-refractivity contribution is -0.138. The van der Waals surface area contributed by atoms with Crippen LogP contribution in [-0.2, 0) is 16.1 Å². The van der Waals surface area contributed by atoms with Crippen molar-refractivity contribution in [1.29, 1.82) is 0 Å². The summed E-state index contributed by atoms with van der Waals surface area (Å²) in [6.07, 6.45) is 2.92. The number of nitrogens with zero attached hydrogens (tertiary/aromatic N) is 1. The van der Waals surface area contributed by atoms with Crippen LogP contribution in [0.2, 0.25) is 0 Å². The molecule has 3 aromatic rings. The maximum absolute atomic E-state index is 13.3. The van der Waals surface area contributed by atoms with E-state index in [0.29, 0.717) is 11.3 Å².